The van der Waals surface area contributed by atoms with Gasteiger partial charge in [-0.05, 0) is 62.1 Å². The normalized spacial score (nSPS) is 15.1. The number of para-hydroxylation sites is 1. The van der Waals surface area contributed by atoms with E-state index in [2.05, 4.69) is 4.72 Å². The van der Waals surface area contributed by atoms with Crippen LogP contribution in [-0.2, 0) is 21.2 Å². The van der Waals surface area contributed by atoms with Crippen LogP contribution in [0.3, 0.4) is 0 Å². The van der Waals surface area contributed by atoms with Gasteiger partial charge in [0.2, 0.25) is 15.9 Å². The topological polar surface area (TPSA) is 66.5 Å². The van der Waals surface area contributed by atoms with Crippen LogP contribution >= 0.6 is 0 Å². The van der Waals surface area contributed by atoms with Crippen molar-refractivity contribution in [3.8, 4) is 0 Å². The number of nitrogens with one attached hydrogen (secondary N) is 1. The standard InChI is InChI=1S/C19H22N2O3S/c1-13-8-9-17(12-14(13)2)25(23,24)20-15(3)19(22)21-11-10-16-6-4-5-7-18(16)21/h4-9,12,15,20H,10-11H2,1-3H3/t15-/m1/s1. The molecule has 3 rings (SSSR count). The smallest absolute Gasteiger partial charge is 0.244 e. The van der Waals surface area contributed by atoms with Crippen molar-refractivity contribution in [3.05, 3.63) is 59.2 Å². The molecule has 1 heterocycles. The molecule has 0 saturated carbocycles. The van der Waals surface area contributed by atoms with E-state index in [4.69, 9.17) is 0 Å². The predicted octanol–water partition coefficient (Wildman–Crippen LogP) is 2.56. The Bertz CT molecular complexity index is 922. The lowest BCUT2D eigenvalue weighted by Gasteiger charge is -2.22. The highest BCUT2D eigenvalue weighted by molar-refractivity contribution is 7.89. The summed E-state index contributed by atoms with van der Waals surface area (Å²) in [6.07, 6.45) is 0.790. The van der Waals surface area contributed by atoms with Crippen LogP contribution in [0, 0.1) is 13.8 Å². The zero-order chi connectivity index (χ0) is 18.2. The minimum Gasteiger partial charge on any atom is -0.310 e. The van der Waals surface area contributed by atoms with E-state index in [0.717, 1.165) is 28.8 Å². The maximum atomic E-state index is 12.7. The quantitative estimate of drug-likeness (QED) is 0.913. The fourth-order valence-electron chi connectivity index (χ4n) is 3.03. The second kappa shape index (κ2) is 6.61. The third-order valence-electron chi connectivity index (χ3n) is 4.64. The van der Waals surface area contributed by atoms with Gasteiger partial charge in [0.25, 0.3) is 0 Å². The molecule has 0 radical (unpaired) electrons. The fraction of sp³-hybridized carbons (Fsp3) is 0.316. The fourth-order valence-corrected chi connectivity index (χ4v) is 4.31. The van der Waals surface area contributed by atoms with E-state index in [1.54, 1.807) is 30.0 Å². The molecule has 0 bridgehead atoms. The Labute approximate surface area is 148 Å². The van der Waals surface area contributed by atoms with Gasteiger partial charge in [0.1, 0.15) is 0 Å². The first-order chi connectivity index (χ1) is 11.8. The second-order valence-corrected chi connectivity index (χ2v) is 8.17. The van der Waals surface area contributed by atoms with Gasteiger partial charge in [0, 0.05) is 12.2 Å². The third-order valence-corrected chi connectivity index (χ3v) is 6.18. The van der Waals surface area contributed by atoms with Crippen molar-refractivity contribution in [2.75, 3.05) is 11.4 Å². The number of hydrogen-bond acceptors (Lipinski definition) is 3. The first-order valence-corrected chi connectivity index (χ1v) is 9.77. The Morgan fingerprint density at radius 1 is 1.12 bits per heavy atom. The summed E-state index contributed by atoms with van der Waals surface area (Å²) in [4.78, 5) is 14.6. The van der Waals surface area contributed by atoms with Crippen molar-refractivity contribution in [2.45, 2.75) is 38.1 Å². The van der Waals surface area contributed by atoms with Gasteiger partial charge >= 0.3 is 0 Å². The largest absolute Gasteiger partial charge is 0.310 e. The maximum Gasteiger partial charge on any atom is 0.244 e. The average Bonchev–Trinajstić information content (AvgIpc) is 3.00. The molecule has 1 amide bonds. The van der Waals surface area contributed by atoms with Crippen LogP contribution in [0.2, 0.25) is 0 Å². The van der Waals surface area contributed by atoms with Gasteiger partial charge < -0.3 is 4.90 Å². The van der Waals surface area contributed by atoms with Crippen molar-refractivity contribution in [3.63, 3.8) is 0 Å². The molecule has 1 N–H and O–H groups in total. The number of amides is 1. The van der Waals surface area contributed by atoms with Gasteiger partial charge in [0.05, 0.1) is 10.9 Å². The zero-order valence-electron chi connectivity index (χ0n) is 14.6. The van der Waals surface area contributed by atoms with Crippen LogP contribution in [0.4, 0.5) is 5.69 Å². The lowest BCUT2D eigenvalue weighted by Crippen LogP contribution is -2.46. The highest BCUT2D eigenvalue weighted by atomic mass is 32.2. The summed E-state index contributed by atoms with van der Waals surface area (Å²) in [6, 6.07) is 11.8. The Hall–Kier alpha value is -2.18. The number of nitrogens with zero attached hydrogens (tertiary/aromatic N) is 1. The zero-order valence-corrected chi connectivity index (χ0v) is 15.4. The monoisotopic (exact) mass is 358 g/mol. The number of aryl methyl sites for hydroxylation is 2. The first-order valence-electron chi connectivity index (χ1n) is 8.28. The van der Waals surface area contributed by atoms with Crippen molar-refractivity contribution in [2.24, 2.45) is 0 Å². The molecular weight excluding hydrogens is 336 g/mol. The summed E-state index contributed by atoms with van der Waals surface area (Å²) < 4.78 is 27.7. The average molecular weight is 358 g/mol. The molecule has 2 aromatic rings. The number of fused-ring (bicyclic) bond motifs is 1. The first kappa shape index (κ1) is 17.6. The van der Waals surface area contributed by atoms with E-state index in [1.807, 2.05) is 38.1 Å². The summed E-state index contributed by atoms with van der Waals surface area (Å²) in [7, 11) is -3.75. The maximum absolute atomic E-state index is 12.7. The molecule has 6 heteroatoms. The molecule has 0 fully saturated rings. The van der Waals surface area contributed by atoms with E-state index in [-0.39, 0.29) is 10.8 Å². The van der Waals surface area contributed by atoms with Gasteiger partial charge in [-0.2, -0.15) is 4.72 Å². The molecule has 1 atom stereocenters. The number of anilines is 1. The van der Waals surface area contributed by atoms with Gasteiger partial charge in [0.15, 0.2) is 0 Å². The van der Waals surface area contributed by atoms with Gasteiger partial charge in [-0.1, -0.05) is 24.3 Å². The van der Waals surface area contributed by atoms with Crippen LogP contribution in [-0.4, -0.2) is 26.9 Å². The number of benzene rings is 2. The number of carbonyl (C=O) groups is 1. The minimum absolute atomic E-state index is 0.178. The van der Waals surface area contributed by atoms with E-state index in [1.165, 1.54) is 0 Å². The molecule has 1 aliphatic rings. The van der Waals surface area contributed by atoms with E-state index in [9.17, 15) is 13.2 Å². The van der Waals surface area contributed by atoms with Crippen LogP contribution in [0.1, 0.15) is 23.6 Å². The molecule has 1 aliphatic heterocycles. The Morgan fingerprint density at radius 2 is 1.84 bits per heavy atom. The molecule has 0 aromatic heterocycles. The molecule has 0 spiro atoms. The number of hydrogen-bond donors (Lipinski definition) is 1. The SMILES string of the molecule is Cc1ccc(S(=O)(=O)N[C@H](C)C(=O)N2CCc3ccccc32)cc1C. The predicted molar refractivity (Wildman–Crippen MR) is 98.2 cm³/mol. The lowest BCUT2D eigenvalue weighted by atomic mass is 10.1. The summed E-state index contributed by atoms with van der Waals surface area (Å²) in [6.45, 7) is 5.95. The molecule has 5 nitrogen and oxygen atoms in total. The molecule has 25 heavy (non-hydrogen) atoms. The van der Waals surface area contributed by atoms with E-state index < -0.39 is 16.1 Å². The summed E-state index contributed by atoms with van der Waals surface area (Å²) >= 11 is 0. The molecular formula is C19H22N2O3S. The van der Waals surface area contributed by atoms with Gasteiger partial charge in [-0.3, -0.25) is 4.79 Å². The van der Waals surface area contributed by atoms with E-state index in [0.29, 0.717) is 6.54 Å². The van der Waals surface area contributed by atoms with Crippen molar-refractivity contribution >= 4 is 21.6 Å². The van der Waals surface area contributed by atoms with E-state index >= 15 is 0 Å². The van der Waals surface area contributed by atoms with Gasteiger partial charge in [-0.25, -0.2) is 8.42 Å². The Kier molecular flexibility index (Phi) is 4.67. The Balaban J connectivity index is 1.78. The molecule has 132 valence electrons. The Morgan fingerprint density at radius 3 is 2.56 bits per heavy atom. The summed E-state index contributed by atoms with van der Waals surface area (Å²) in [5.41, 5.74) is 3.90. The van der Waals surface area contributed by atoms with Gasteiger partial charge in [-0.15, -0.1) is 0 Å². The van der Waals surface area contributed by atoms with Crippen molar-refractivity contribution in [1.29, 1.82) is 0 Å². The third kappa shape index (κ3) is 3.45. The highest BCUT2D eigenvalue weighted by Crippen LogP contribution is 2.28. The number of carbonyl (C=O) groups excluding carboxylic acids is 1. The lowest BCUT2D eigenvalue weighted by molar-refractivity contribution is -0.119. The summed E-state index contributed by atoms with van der Waals surface area (Å²) in [5, 5.41) is 0. The second-order valence-electron chi connectivity index (χ2n) is 6.46. The molecule has 0 unspecified atom stereocenters. The molecule has 2 aromatic carbocycles. The number of sulfonamides is 1. The molecule has 0 aliphatic carbocycles. The summed E-state index contributed by atoms with van der Waals surface area (Å²) in [5.74, 6) is -0.239. The van der Waals surface area contributed by atoms with Crippen LogP contribution in [0.15, 0.2) is 47.4 Å². The van der Waals surface area contributed by atoms with Crippen LogP contribution < -0.4 is 9.62 Å². The van der Waals surface area contributed by atoms with Crippen LogP contribution in [0.25, 0.3) is 0 Å². The van der Waals surface area contributed by atoms with Crippen molar-refractivity contribution in [1.82, 2.24) is 4.72 Å². The van der Waals surface area contributed by atoms with Crippen LogP contribution in [0.5, 0.6) is 0 Å². The minimum atomic E-state index is -3.75. The van der Waals surface area contributed by atoms with Crippen molar-refractivity contribution < 1.29 is 13.2 Å². The highest BCUT2D eigenvalue weighted by Gasteiger charge is 2.30. The molecule has 0 saturated heterocycles. The number of rotatable bonds is 4.